The maximum atomic E-state index is 14.1. The van der Waals surface area contributed by atoms with Gasteiger partial charge in [0.1, 0.15) is 5.52 Å². The summed E-state index contributed by atoms with van der Waals surface area (Å²) >= 11 is 0. The van der Waals surface area contributed by atoms with Crippen LogP contribution in [0.4, 0.5) is 23.2 Å². The van der Waals surface area contributed by atoms with E-state index in [1.54, 1.807) is 18.3 Å². The number of carbonyl (C=O) groups is 1. The van der Waals surface area contributed by atoms with Crippen LogP contribution in [0, 0.1) is 5.82 Å². The Morgan fingerprint density at radius 3 is 2.72 bits per heavy atom. The number of fused-ring (bicyclic) bond motifs is 1. The maximum Gasteiger partial charge on any atom is 0.389 e. The molecule has 0 aliphatic carbocycles. The standard InChI is InChI=1S/C19H17F4N3O3/c1-28-16-6-4-13-17(26-16)14(10-24-13)25-18(27)11-3-5-15(12(20)9-11)29-8-2-7-19(21,22)23/h3-6,9-10,24H,2,7-8H2,1H3,(H,25,27). The van der Waals surface area contributed by atoms with Crippen LogP contribution < -0.4 is 14.8 Å². The SMILES string of the molecule is COc1ccc2[nH]cc(NC(=O)c3ccc(OCCCC(F)(F)F)c(F)c3)c2n1. The Balaban J connectivity index is 1.66. The van der Waals surface area contributed by atoms with Gasteiger partial charge in [0.05, 0.1) is 24.9 Å². The van der Waals surface area contributed by atoms with Gasteiger partial charge >= 0.3 is 6.18 Å². The first kappa shape index (κ1) is 20.4. The van der Waals surface area contributed by atoms with Crippen LogP contribution in [0.5, 0.6) is 11.6 Å². The van der Waals surface area contributed by atoms with E-state index in [1.807, 2.05) is 0 Å². The molecule has 29 heavy (non-hydrogen) atoms. The van der Waals surface area contributed by atoms with Crippen molar-refractivity contribution in [1.29, 1.82) is 0 Å². The van der Waals surface area contributed by atoms with E-state index in [0.29, 0.717) is 22.6 Å². The largest absolute Gasteiger partial charge is 0.491 e. The number of nitrogens with zero attached hydrogens (tertiary/aromatic N) is 1. The van der Waals surface area contributed by atoms with Gasteiger partial charge in [-0.1, -0.05) is 0 Å². The number of nitrogens with one attached hydrogen (secondary N) is 2. The van der Waals surface area contributed by atoms with Crippen molar-refractivity contribution in [3.8, 4) is 11.6 Å². The lowest BCUT2D eigenvalue weighted by molar-refractivity contribution is -0.136. The highest BCUT2D eigenvalue weighted by molar-refractivity contribution is 6.08. The highest BCUT2D eigenvalue weighted by Crippen LogP contribution is 2.26. The Hall–Kier alpha value is -3.30. The first-order valence-corrected chi connectivity index (χ1v) is 8.59. The third-order valence-electron chi connectivity index (χ3n) is 4.01. The minimum absolute atomic E-state index is 0.0161. The monoisotopic (exact) mass is 411 g/mol. The number of anilines is 1. The van der Waals surface area contributed by atoms with Gasteiger partial charge in [0.25, 0.3) is 5.91 Å². The number of methoxy groups -OCH3 is 1. The number of rotatable bonds is 7. The average Bonchev–Trinajstić information content (AvgIpc) is 3.07. The van der Waals surface area contributed by atoms with Gasteiger partial charge in [0.15, 0.2) is 11.6 Å². The van der Waals surface area contributed by atoms with Gasteiger partial charge in [-0.2, -0.15) is 13.2 Å². The van der Waals surface area contributed by atoms with Crippen LogP contribution >= 0.6 is 0 Å². The quantitative estimate of drug-likeness (QED) is 0.437. The molecule has 0 unspecified atom stereocenters. The van der Waals surface area contributed by atoms with Gasteiger partial charge < -0.3 is 19.8 Å². The molecule has 0 spiro atoms. The average molecular weight is 411 g/mol. The molecule has 0 saturated heterocycles. The number of pyridine rings is 1. The Morgan fingerprint density at radius 2 is 2.03 bits per heavy atom. The summed E-state index contributed by atoms with van der Waals surface area (Å²) in [4.78, 5) is 19.6. The van der Waals surface area contributed by atoms with Crippen molar-refractivity contribution in [1.82, 2.24) is 9.97 Å². The summed E-state index contributed by atoms with van der Waals surface area (Å²) in [5, 5.41) is 2.63. The number of hydrogen-bond donors (Lipinski definition) is 2. The first-order valence-electron chi connectivity index (χ1n) is 8.59. The molecule has 0 bridgehead atoms. The van der Waals surface area contributed by atoms with Gasteiger partial charge in [-0.15, -0.1) is 0 Å². The summed E-state index contributed by atoms with van der Waals surface area (Å²) < 4.78 is 60.6. The summed E-state index contributed by atoms with van der Waals surface area (Å²) in [7, 11) is 1.47. The molecule has 0 aliphatic heterocycles. The molecular formula is C19H17F4N3O3. The van der Waals surface area contributed by atoms with Gasteiger partial charge in [-0.05, 0) is 30.7 Å². The van der Waals surface area contributed by atoms with Crippen LogP contribution in [0.25, 0.3) is 11.0 Å². The Kier molecular flexibility index (Phi) is 5.90. The second kappa shape index (κ2) is 8.38. The topological polar surface area (TPSA) is 76.2 Å². The molecular weight excluding hydrogens is 394 g/mol. The Morgan fingerprint density at radius 1 is 1.24 bits per heavy atom. The third kappa shape index (κ3) is 5.15. The van der Waals surface area contributed by atoms with Crippen molar-refractivity contribution in [2.45, 2.75) is 19.0 Å². The number of hydrogen-bond acceptors (Lipinski definition) is 4. The summed E-state index contributed by atoms with van der Waals surface area (Å²) in [6.45, 7) is -0.287. The molecule has 0 radical (unpaired) electrons. The zero-order valence-corrected chi connectivity index (χ0v) is 15.3. The predicted molar refractivity (Wildman–Crippen MR) is 97.8 cm³/mol. The molecule has 2 heterocycles. The zero-order valence-electron chi connectivity index (χ0n) is 15.3. The number of benzene rings is 1. The first-order chi connectivity index (χ1) is 13.8. The molecule has 3 rings (SSSR count). The number of H-pyrrole nitrogens is 1. The lowest BCUT2D eigenvalue weighted by Gasteiger charge is -2.10. The molecule has 154 valence electrons. The fourth-order valence-corrected chi connectivity index (χ4v) is 2.60. The molecule has 1 amide bonds. The molecule has 6 nitrogen and oxygen atoms in total. The van der Waals surface area contributed by atoms with E-state index >= 15 is 0 Å². The predicted octanol–water partition coefficient (Wildman–Crippen LogP) is 4.68. The van der Waals surface area contributed by atoms with Crippen molar-refractivity contribution in [2.75, 3.05) is 19.0 Å². The number of ether oxygens (including phenoxy) is 2. The molecule has 2 aromatic heterocycles. The lowest BCUT2D eigenvalue weighted by Crippen LogP contribution is -2.13. The third-order valence-corrected chi connectivity index (χ3v) is 4.01. The van der Waals surface area contributed by atoms with Crippen molar-refractivity contribution >= 4 is 22.6 Å². The number of halogens is 4. The Labute approximate surface area is 162 Å². The summed E-state index contributed by atoms with van der Waals surface area (Å²) in [5.74, 6) is -1.28. The molecule has 0 saturated carbocycles. The van der Waals surface area contributed by atoms with Crippen LogP contribution in [0.15, 0.2) is 36.5 Å². The second-order valence-electron chi connectivity index (χ2n) is 6.12. The van der Waals surface area contributed by atoms with Crippen molar-refractivity contribution in [2.24, 2.45) is 0 Å². The molecule has 0 fully saturated rings. The fourth-order valence-electron chi connectivity index (χ4n) is 2.60. The summed E-state index contributed by atoms with van der Waals surface area (Å²) in [5.41, 5.74) is 1.55. The fraction of sp³-hybridized carbons (Fsp3) is 0.263. The van der Waals surface area contributed by atoms with Crippen LogP contribution in [0.2, 0.25) is 0 Å². The highest BCUT2D eigenvalue weighted by atomic mass is 19.4. The number of aromatic nitrogens is 2. The summed E-state index contributed by atoms with van der Waals surface area (Å²) in [6, 6.07) is 6.88. The van der Waals surface area contributed by atoms with E-state index in [2.05, 4.69) is 15.3 Å². The van der Waals surface area contributed by atoms with Crippen LogP contribution in [-0.2, 0) is 0 Å². The van der Waals surface area contributed by atoms with Gasteiger partial charge in [0.2, 0.25) is 5.88 Å². The van der Waals surface area contributed by atoms with E-state index in [-0.39, 0.29) is 24.3 Å². The van der Waals surface area contributed by atoms with Crippen LogP contribution in [-0.4, -0.2) is 35.8 Å². The van der Waals surface area contributed by atoms with Crippen LogP contribution in [0.3, 0.4) is 0 Å². The summed E-state index contributed by atoms with van der Waals surface area (Å²) in [6.07, 6.45) is -4.05. The molecule has 0 atom stereocenters. The lowest BCUT2D eigenvalue weighted by atomic mass is 10.2. The molecule has 1 aromatic carbocycles. The van der Waals surface area contributed by atoms with Gasteiger partial charge in [-0.3, -0.25) is 4.79 Å². The van der Waals surface area contributed by atoms with E-state index in [4.69, 9.17) is 9.47 Å². The van der Waals surface area contributed by atoms with Crippen molar-refractivity contribution in [3.63, 3.8) is 0 Å². The molecule has 10 heteroatoms. The normalized spacial score (nSPS) is 11.5. The van der Waals surface area contributed by atoms with Gasteiger partial charge in [-0.25, -0.2) is 9.37 Å². The minimum atomic E-state index is -4.29. The van der Waals surface area contributed by atoms with Gasteiger partial charge in [0, 0.05) is 24.2 Å². The van der Waals surface area contributed by atoms with E-state index < -0.39 is 24.3 Å². The number of aromatic amines is 1. The van der Waals surface area contributed by atoms with Crippen LogP contribution in [0.1, 0.15) is 23.2 Å². The number of alkyl halides is 3. The zero-order chi connectivity index (χ0) is 21.0. The molecule has 2 N–H and O–H groups in total. The molecule has 0 aliphatic rings. The minimum Gasteiger partial charge on any atom is -0.491 e. The van der Waals surface area contributed by atoms with Crippen molar-refractivity contribution in [3.05, 3.63) is 47.9 Å². The molecule has 3 aromatic rings. The van der Waals surface area contributed by atoms with Crippen molar-refractivity contribution < 1.29 is 31.8 Å². The smallest absolute Gasteiger partial charge is 0.389 e. The Bertz CT molecular complexity index is 1020. The van der Waals surface area contributed by atoms with E-state index in [1.165, 1.54) is 19.2 Å². The van der Waals surface area contributed by atoms with E-state index in [9.17, 15) is 22.4 Å². The maximum absolute atomic E-state index is 14.1. The highest BCUT2D eigenvalue weighted by Gasteiger charge is 2.26. The second-order valence-corrected chi connectivity index (χ2v) is 6.12. The number of carbonyl (C=O) groups excluding carboxylic acids is 1. The number of amides is 1. The van der Waals surface area contributed by atoms with E-state index in [0.717, 1.165) is 6.07 Å².